The molecule has 0 bridgehead atoms. The lowest BCUT2D eigenvalue weighted by Crippen LogP contribution is -2.49. The molecular formula is C13H16N2O4. The summed E-state index contributed by atoms with van der Waals surface area (Å²) in [4.78, 5) is 22.3. The number of carbonyl (C=O) groups is 2. The third-order valence-electron chi connectivity index (χ3n) is 3.15. The molecule has 0 aromatic heterocycles. The van der Waals surface area contributed by atoms with Crippen LogP contribution in [-0.2, 0) is 22.6 Å². The number of aliphatic hydroxyl groups is 1. The van der Waals surface area contributed by atoms with E-state index in [9.17, 15) is 9.59 Å². The molecule has 1 aromatic rings. The maximum absolute atomic E-state index is 11.9. The van der Waals surface area contributed by atoms with Crippen LogP contribution >= 0.6 is 0 Å². The van der Waals surface area contributed by atoms with Gasteiger partial charge in [-0.1, -0.05) is 24.3 Å². The van der Waals surface area contributed by atoms with E-state index in [0.717, 1.165) is 11.1 Å². The molecule has 1 heterocycles. The van der Waals surface area contributed by atoms with Gasteiger partial charge in [-0.2, -0.15) is 0 Å². The van der Waals surface area contributed by atoms with Crippen molar-refractivity contribution < 1.29 is 19.8 Å². The van der Waals surface area contributed by atoms with Crippen molar-refractivity contribution in [1.82, 2.24) is 10.6 Å². The van der Waals surface area contributed by atoms with Gasteiger partial charge in [0.05, 0.1) is 12.6 Å². The topological polar surface area (TPSA) is 98.7 Å². The molecule has 1 aliphatic heterocycles. The van der Waals surface area contributed by atoms with E-state index in [2.05, 4.69) is 10.6 Å². The molecule has 1 unspecified atom stereocenters. The zero-order valence-corrected chi connectivity index (χ0v) is 10.3. The Morgan fingerprint density at radius 1 is 1.37 bits per heavy atom. The van der Waals surface area contributed by atoms with E-state index in [1.807, 2.05) is 24.3 Å². The minimum absolute atomic E-state index is 0.284. The van der Waals surface area contributed by atoms with Crippen LogP contribution in [0.1, 0.15) is 11.1 Å². The average molecular weight is 264 g/mol. The molecular weight excluding hydrogens is 248 g/mol. The van der Waals surface area contributed by atoms with Crippen molar-refractivity contribution in [3.05, 3.63) is 35.4 Å². The van der Waals surface area contributed by atoms with Gasteiger partial charge in [0, 0.05) is 6.54 Å². The van der Waals surface area contributed by atoms with Gasteiger partial charge in [-0.25, -0.2) is 4.79 Å². The molecule has 19 heavy (non-hydrogen) atoms. The largest absolute Gasteiger partial charge is 0.479 e. The van der Waals surface area contributed by atoms with Gasteiger partial charge in [0.2, 0.25) is 5.91 Å². The van der Waals surface area contributed by atoms with Gasteiger partial charge in [-0.15, -0.1) is 0 Å². The molecule has 0 saturated heterocycles. The Kier molecular flexibility index (Phi) is 4.13. The number of carboxylic acid groups (broad SMARTS) is 1. The first-order valence-corrected chi connectivity index (χ1v) is 6.06. The lowest BCUT2D eigenvalue weighted by atomic mass is 9.95. The molecule has 0 radical (unpaired) electrons. The zero-order chi connectivity index (χ0) is 13.8. The molecule has 0 fully saturated rings. The molecule has 1 aromatic carbocycles. The maximum Gasteiger partial charge on any atom is 0.334 e. The fraction of sp³-hybridized carbons (Fsp3) is 0.385. The van der Waals surface area contributed by atoms with Crippen molar-refractivity contribution in [2.75, 3.05) is 6.54 Å². The number of carboxylic acids is 1. The van der Waals surface area contributed by atoms with Gasteiger partial charge in [0.15, 0.2) is 6.10 Å². The normalized spacial score (nSPS) is 19.3. The summed E-state index contributed by atoms with van der Waals surface area (Å²) in [6, 6.07) is 7.46. The summed E-state index contributed by atoms with van der Waals surface area (Å²) in [6.45, 7) is 0.323. The molecule has 2 atom stereocenters. The van der Waals surface area contributed by atoms with Gasteiger partial charge in [-0.05, 0) is 17.5 Å². The number of hydrogen-bond acceptors (Lipinski definition) is 4. The highest BCUT2D eigenvalue weighted by Gasteiger charge is 2.24. The Hall–Kier alpha value is -1.92. The van der Waals surface area contributed by atoms with E-state index in [1.54, 1.807) is 0 Å². The van der Waals surface area contributed by atoms with Crippen LogP contribution in [0.2, 0.25) is 0 Å². The number of aliphatic hydroxyl groups excluding tert-OH is 1. The Morgan fingerprint density at radius 3 is 2.74 bits per heavy atom. The summed E-state index contributed by atoms with van der Waals surface area (Å²) >= 11 is 0. The molecule has 0 saturated carbocycles. The molecule has 6 nitrogen and oxygen atoms in total. The van der Waals surface area contributed by atoms with Crippen LogP contribution < -0.4 is 10.6 Å². The number of aliphatic carboxylic acids is 1. The summed E-state index contributed by atoms with van der Waals surface area (Å²) in [7, 11) is 0. The van der Waals surface area contributed by atoms with E-state index in [-0.39, 0.29) is 12.5 Å². The number of hydrogen-bond donors (Lipinski definition) is 4. The quantitative estimate of drug-likeness (QED) is 0.574. The highest BCUT2D eigenvalue weighted by Crippen LogP contribution is 2.16. The number of amides is 1. The van der Waals surface area contributed by atoms with Gasteiger partial charge in [0.1, 0.15) is 0 Å². The van der Waals surface area contributed by atoms with Crippen LogP contribution in [0.25, 0.3) is 0 Å². The smallest absolute Gasteiger partial charge is 0.334 e. The zero-order valence-electron chi connectivity index (χ0n) is 10.3. The Bertz CT molecular complexity index is 489. The summed E-state index contributed by atoms with van der Waals surface area (Å²) in [5.74, 6) is -1.64. The van der Waals surface area contributed by atoms with Gasteiger partial charge < -0.3 is 20.8 Å². The average Bonchev–Trinajstić information content (AvgIpc) is 2.43. The van der Waals surface area contributed by atoms with Crippen molar-refractivity contribution in [3.63, 3.8) is 0 Å². The third kappa shape index (κ3) is 3.30. The van der Waals surface area contributed by atoms with Crippen molar-refractivity contribution in [2.45, 2.75) is 25.1 Å². The second kappa shape index (κ2) is 5.81. The molecule has 4 N–H and O–H groups in total. The van der Waals surface area contributed by atoms with Gasteiger partial charge in [0.25, 0.3) is 0 Å². The highest BCUT2D eigenvalue weighted by atomic mass is 16.4. The van der Waals surface area contributed by atoms with Crippen LogP contribution in [-0.4, -0.2) is 40.8 Å². The SMILES string of the molecule is O=C(O)C(O)CNC(=O)[C@H]1Cc2ccccc2CN1. The Morgan fingerprint density at radius 2 is 2.05 bits per heavy atom. The van der Waals surface area contributed by atoms with Crippen LogP contribution in [0, 0.1) is 0 Å². The van der Waals surface area contributed by atoms with Crippen LogP contribution in [0.3, 0.4) is 0 Å². The van der Waals surface area contributed by atoms with E-state index in [1.165, 1.54) is 0 Å². The Balaban J connectivity index is 1.90. The first-order valence-electron chi connectivity index (χ1n) is 6.06. The van der Waals surface area contributed by atoms with E-state index < -0.39 is 18.1 Å². The van der Waals surface area contributed by atoms with Crippen molar-refractivity contribution in [3.8, 4) is 0 Å². The molecule has 102 valence electrons. The summed E-state index contributed by atoms with van der Waals surface area (Å²) in [5.41, 5.74) is 2.28. The van der Waals surface area contributed by atoms with Crippen LogP contribution in [0.15, 0.2) is 24.3 Å². The summed E-state index contributed by atoms with van der Waals surface area (Å²) in [5, 5.41) is 23.1. The van der Waals surface area contributed by atoms with Crippen LogP contribution in [0.4, 0.5) is 0 Å². The fourth-order valence-corrected chi connectivity index (χ4v) is 2.05. The van der Waals surface area contributed by atoms with E-state index >= 15 is 0 Å². The lowest BCUT2D eigenvalue weighted by molar-refractivity contribution is -0.146. The summed E-state index contributed by atoms with van der Waals surface area (Å²) < 4.78 is 0. The maximum atomic E-state index is 11.9. The van der Waals surface area contributed by atoms with Crippen molar-refractivity contribution >= 4 is 11.9 Å². The number of carbonyl (C=O) groups excluding carboxylic acids is 1. The van der Waals surface area contributed by atoms with Gasteiger partial charge >= 0.3 is 5.97 Å². The molecule has 0 spiro atoms. The molecule has 1 aliphatic rings. The first-order chi connectivity index (χ1) is 9.08. The number of fused-ring (bicyclic) bond motifs is 1. The predicted octanol–water partition coefficient (Wildman–Crippen LogP) is -0.737. The monoisotopic (exact) mass is 264 g/mol. The van der Waals surface area contributed by atoms with Crippen LogP contribution in [0.5, 0.6) is 0 Å². The molecule has 0 aliphatic carbocycles. The third-order valence-corrected chi connectivity index (χ3v) is 3.15. The van der Waals surface area contributed by atoms with E-state index in [4.69, 9.17) is 10.2 Å². The fourth-order valence-electron chi connectivity index (χ4n) is 2.05. The van der Waals surface area contributed by atoms with Gasteiger partial charge in [-0.3, -0.25) is 4.79 Å². The van der Waals surface area contributed by atoms with Crippen molar-refractivity contribution in [1.29, 1.82) is 0 Å². The highest BCUT2D eigenvalue weighted by molar-refractivity contribution is 5.83. The summed E-state index contributed by atoms with van der Waals surface area (Å²) in [6.07, 6.45) is -1.01. The number of benzene rings is 1. The molecule has 1 amide bonds. The number of nitrogens with one attached hydrogen (secondary N) is 2. The molecule has 6 heteroatoms. The number of rotatable bonds is 4. The second-order valence-electron chi connectivity index (χ2n) is 4.51. The van der Waals surface area contributed by atoms with E-state index in [0.29, 0.717) is 13.0 Å². The standard InChI is InChI=1S/C13H16N2O4/c16-11(13(18)19)7-15-12(17)10-5-8-3-1-2-4-9(8)6-14-10/h1-4,10-11,14,16H,5-7H2,(H,15,17)(H,18,19)/t10-,11?/m1/s1. The minimum Gasteiger partial charge on any atom is -0.479 e. The Labute approximate surface area is 110 Å². The second-order valence-corrected chi connectivity index (χ2v) is 4.51. The van der Waals surface area contributed by atoms with Crippen molar-refractivity contribution in [2.24, 2.45) is 0 Å². The minimum atomic E-state index is -1.57. The lowest BCUT2D eigenvalue weighted by Gasteiger charge is -2.25. The predicted molar refractivity (Wildman–Crippen MR) is 67.4 cm³/mol. The molecule has 2 rings (SSSR count). The first kappa shape index (κ1) is 13.5.